The van der Waals surface area contributed by atoms with Gasteiger partial charge in [-0.2, -0.15) is 0 Å². The molecule has 0 bridgehead atoms. The van der Waals surface area contributed by atoms with E-state index in [4.69, 9.17) is 23.2 Å². The van der Waals surface area contributed by atoms with Gasteiger partial charge in [0.2, 0.25) is 0 Å². The number of carbonyl (C=O) groups excluding carboxylic acids is 1. The number of nitrogens with zero attached hydrogens (tertiary/aromatic N) is 4. The molecule has 6 nitrogen and oxygen atoms in total. The van der Waals surface area contributed by atoms with Gasteiger partial charge in [0.25, 0.3) is 5.91 Å². The van der Waals surface area contributed by atoms with Gasteiger partial charge < -0.3 is 9.88 Å². The molecule has 0 aliphatic rings. The molecule has 1 N–H and O–H groups in total. The first kappa shape index (κ1) is 11.8. The van der Waals surface area contributed by atoms with E-state index in [1.165, 1.54) is 12.7 Å². The van der Waals surface area contributed by atoms with Crippen LogP contribution in [0.2, 0.25) is 10.3 Å². The zero-order valence-electron chi connectivity index (χ0n) is 8.69. The first-order chi connectivity index (χ1) is 8.08. The number of amides is 1. The van der Waals surface area contributed by atoms with E-state index in [2.05, 4.69) is 20.3 Å². The number of nitrogens with one attached hydrogen (secondary N) is 1. The predicted molar refractivity (Wildman–Crippen MR) is 63.2 cm³/mol. The molecule has 1 amide bonds. The zero-order valence-corrected chi connectivity index (χ0v) is 10.2. The highest BCUT2D eigenvalue weighted by molar-refractivity contribution is 6.38. The van der Waals surface area contributed by atoms with E-state index < -0.39 is 5.91 Å². The van der Waals surface area contributed by atoms with E-state index in [1.54, 1.807) is 17.8 Å². The fraction of sp³-hybridized carbons (Fsp3) is 0.111. The minimum Gasteiger partial charge on any atom is -0.340 e. The number of aromatic nitrogens is 4. The average Bonchev–Trinajstić information content (AvgIpc) is 2.70. The van der Waals surface area contributed by atoms with Crippen LogP contribution in [0.4, 0.5) is 5.69 Å². The molecule has 0 saturated heterocycles. The van der Waals surface area contributed by atoms with Crippen molar-refractivity contribution in [1.29, 1.82) is 0 Å². The van der Waals surface area contributed by atoms with Crippen molar-refractivity contribution >= 4 is 34.8 Å². The molecule has 0 unspecified atom stereocenters. The number of aryl methyl sites for hydroxylation is 1. The summed E-state index contributed by atoms with van der Waals surface area (Å²) in [5.41, 5.74) is 0.426. The van der Waals surface area contributed by atoms with Gasteiger partial charge in [-0.3, -0.25) is 4.79 Å². The lowest BCUT2D eigenvalue weighted by Gasteiger charge is -2.05. The van der Waals surface area contributed by atoms with Crippen molar-refractivity contribution in [3.05, 3.63) is 34.9 Å². The second-order valence-corrected chi connectivity index (χ2v) is 3.92. The summed E-state index contributed by atoms with van der Waals surface area (Å²) >= 11 is 11.6. The molecule has 0 aliphatic heterocycles. The number of imidazole rings is 1. The van der Waals surface area contributed by atoms with Gasteiger partial charge in [-0.15, -0.1) is 0 Å². The van der Waals surface area contributed by atoms with E-state index in [9.17, 15) is 4.79 Å². The monoisotopic (exact) mass is 271 g/mol. The lowest BCUT2D eigenvalue weighted by Crippen LogP contribution is -2.13. The van der Waals surface area contributed by atoms with Gasteiger partial charge >= 0.3 is 0 Å². The number of hydrogen-bond donors (Lipinski definition) is 1. The largest absolute Gasteiger partial charge is 0.340 e. The van der Waals surface area contributed by atoms with E-state index in [1.807, 2.05) is 0 Å². The van der Waals surface area contributed by atoms with Crippen molar-refractivity contribution in [3.8, 4) is 0 Å². The van der Waals surface area contributed by atoms with Crippen LogP contribution in [0.15, 0.2) is 18.9 Å². The Morgan fingerprint density at radius 1 is 1.29 bits per heavy atom. The van der Waals surface area contributed by atoms with Crippen LogP contribution in [-0.4, -0.2) is 25.4 Å². The Bertz CT molecular complexity index is 548. The summed E-state index contributed by atoms with van der Waals surface area (Å²) in [6.45, 7) is 0. The van der Waals surface area contributed by atoms with Gasteiger partial charge in [0, 0.05) is 13.2 Å². The highest BCUT2D eigenvalue weighted by atomic mass is 35.5. The second kappa shape index (κ2) is 4.68. The van der Waals surface area contributed by atoms with Crippen LogP contribution >= 0.6 is 23.2 Å². The first-order valence-electron chi connectivity index (χ1n) is 4.53. The van der Waals surface area contributed by atoms with E-state index in [0.717, 1.165) is 0 Å². The van der Waals surface area contributed by atoms with Crippen molar-refractivity contribution in [2.45, 2.75) is 0 Å². The minimum atomic E-state index is -0.427. The second-order valence-electron chi connectivity index (χ2n) is 3.21. The van der Waals surface area contributed by atoms with Gasteiger partial charge in [-0.25, -0.2) is 15.0 Å². The SMILES string of the molecule is Cn1cnc(C(=O)Nc2c(Cl)ncnc2Cl)c1. The number of anilines is 1. The molecule has 8 heteroatoms. The number of rotatable bonds is 2. The Labute approximate surface area is 107 Å². The molecule has 0 spiro atoms. The van der Waals surface area contributed by atoms with Gasteiger partial charge in [0.05, 0.1) is 6.33 Å². The molecule has 0 radical (unpaired) electrons. The zero-order chi connectivity index (χ0) is 12.4. The Morgan fingerprint density at radius 2 is 1.94 bits per heavy atom. The normalized spacial score (nSPS) is 10.3. The van der Waals surface area contributed by atoms with Crippen LogP contribution < -0.4 is 5.32 Å². The lowest BCUT2D eigenvalue weighted by atomic mass is 10.4. The molecule has 2 aromatic rings. The van der Waals surface area contributed by atoms with Gasteiger partial charge in [-0.05, 0) is 0 Å². The molecule has 17 heavy (non-hydrogen) atoms. The molecule has 0 fully saturated rings. The fourth-order valence-electron chi connectivity index (χ4n) is 1.16. The highest BCUT2D eigenvalue weighted by Crippen LogP contribution is 2.25. The quantitative estimate of drug-likeness (QED) is 0.845. The molecule has 2 aromatic heterocycles. The summed E-state index contributed by atoms with van der Waals surface area (Å²) in [5.74, 6) is -0.427. The maximum absolute atomic E-state index is 11.8. The Balaban J connectivity index is 2.24. The topological polar surface area (TPSA) is 72.7 Å². The summed E-state index contributed by atoms with van der Waals surface area (Å²) < 4.78 is 1.65. The summed E-state index contributed by atoms with van der Waals surface area (Å²) in [5, 5.41) is 2.66. The number of hydrogen-bond acceptors (Lipinski definition) is 4. The standard InChI is InChI=1S/C9H7Cl2N5O/c1-16-2-5(14-4-16)9(17)15-6-7(10)12-3-13-8(6)11/h2-4H,1H3,(H,15,17). The van der Waals surface area contributed by atoms with Gasteiger partial charge in [0.15, 0.2) is 10.3 Å². The molecule has 2 heterocycles. The third kappa shape index (κ3) is 2.54. The van der Waals surface area contributed by atoms with E-state index in [0.29, 0.717) is 0 Å². The highest BCUT2D eigenvalue weighted by Gasteiger charge is 2.14. The summed E-state index contributed by atoms with van der Waals surface area (Å²) in [7, 11) is 1.76. The maximum Gasteiger partial charge on any atom is 0.276 e. The van der Waals surface area contributed by atoms with Crippen LogP contribution in [0.3, 0.4) is 0 Å². The number of carbonyl (C=O) groups is 1. The molecule has 2 rings (SSSR count). The molecule has 88 valence electrons. The van der Waals surface area contributed by atoms with Crippen LogP contribution in [-0.2, 0) is 7.05 Å². The van der Waals surface area contributed by atoms with E-state index in [-0.39, 0.29) is 21.7 Å². The van der Waals surface area contributed by atoms with Crippen molar-refractivity contribution in [1.82, 2.24) is 19.5 Å². The number of halogens is 2. The Kier molecular flexibility index (Phi) is 3.26. The van der Waals surface area contributed by atoms with Crippen LogP contribution in [0.5, 0.6) is 0 Å². The molecular weight excluding hydrogens is 265 g/mol. The van der Waals surface area contributed by atoms with Crippen LogP contribution in [0.1, 0.15) is 10.5 Å². The summed E-state index contributed by atoms with van der Waals surface area (Å²) in [6, 6.07) is 0. The van der Waals surface area contributed by atoms with Crippen LogP contribution in [0, 0.1) is 0 Å². The van der Waals surface area contributed by atoms with Crippen molar-refractivity contribution in [2.75, 3.05) is 5.32 Å². The van der Waals surface area contributed by atoms with Gasteiger partial charge in [0.1, 0.15) is 17.7 Å². The van der Waals surface area contributed by atoms with E-state index >= 15 is 0 Å². The third-order valence-electron chi connectivity index (χ3n) is 1.93. The molecule has 0 aliphatic carbocycles. The van der Waals surface area contributed by atoms with Crippen molar-refractivity contribution < 1.29 is 4.79 Å². The van der Waals surface area contributed by atoms with Crippen molar-refractivity contribution in [2.24, 2.45) is 7.05 Å². The molecule has 0 aromatic carbocycles. The Morgan fingerprint density at radius 3 is 2.47 bits per heavy atom. The Hall–Kier alpha value is -1.66. The first-order valence-corrected chi connectivity index (χ1v) is 5.29. The molecule has 0 atom stereocenters. The summed E-state index contributed by atoms with van der Waals surface area (Å²) in [6.07, 6.45) is 4.29. The lowest BCUT2D eigenvalue weighted by molar-refractivity contribution is 0.102. The average molecular weight is 272 g/mol. The van der Waals surface area contributed by atoms with Crippen LogP contribution in [0.25, 0.3) is 0 Å². The molecule has 0 saturated carbocycles. The maximum atomic E-state index is 11.8. The minimum absolute atomic E-state index is 0.0780. The van der Waals surface area contributed by atoms with Gasteiger partial charge in [-0.1, -0.05) is 23.2 Å². The predicted octanol–water partition coefficient (Wildman–Crippen LogP) is 1.77. The van der Waals surface area contributed by atoms with Crippen molar-refractivity contribution in [3.63, 3.8) is 0 Å². The third-order valence-corrected chi connectivity index (χ3v) is 2.50. The smallest absolute Gasteiger partial charge is 0.276 e. The molecular formula is C9H7Cl2N5O. The fourth-order valence-corrected chi connectivity index (χ4v) is 1.56. The summed E-state index contributed by atoms with van der Waals surface area (Å²) in [4.78, 5) is 23.1.